The number of carbonyl (C=O) groups excluding carboxylic acids is 1. The molecule has 2 aromatic rings. The van der Waals surface area contributed by atoms with Crippen LogP contribution in [-0.2, 0) is 22.7 Å². The molecule has 148 valence electrons. The summed E-state index contributed by atoms with van der Waals surface area (Å²) in [6.45, 7) is 1.23. The zero-order valence-electron chi connectivity index (χ0n) is 15.4. The number of hydrogen-bond donors (Lipinski definition) is 2. The maximum Gasteiger partial charge on any atom is 0.261 e. The van der Waals surface area contributed by atoms with Gasteiger partial charge in [0.15, 0.2) is 0 Å². The van der Waals surface area contributed by atoms with E-state index in [-0.39, 0.29) is 17.0 Å². The van der Waals surface area contributed by atoms with Crippen LogP contribution in [0.15, 0.2) is 51.0 Å². The number of aromatic amines is 1. The fourth-order valence-corrected chi connectivity index (χ4v) is 4.40. The third-order valence-corrected chi connectivity index (χ3v) is 6.71. The van der Waals surface area contributed by atoms with Gasteiger partial charge >= 0.3 is 0 Å². The van der Waals surface area contributed by atoms with Crippen LogP contribution in [0.4, 0.5) is 4.39 Å². The smallest absolute Gasteiger partial charge is 0.261 e. The Morgan fingerprint density at radius 1 is 1.25 bits per heavy atom. The zero-order valence-corrected chi connectivity index (χ0v) is 16.2. The van der Waals surface area contributed by atoms with Gasteiger partial charge in [0, 0.05) is 17.1 Å². The van der Waals surface area contributed by atoms with Gasteiger partial charge in [-0.25, -0.2) is 12.8 Å². The lowest BCUT2D eigenvalue weighted by Crippen LogP contribution is -2.31. The van der Waals surface area contributed by atoms with Gasteiger partial charge in [0.2, 0.25) is 9.84 Å². The predicted molar refractivity (Wildman–Crippen MR) is 103 cm³/mol. The Morgan fingerprint density at radius 3 is 2.71 bits per heavy atom. The van der Waals surface area contributed by atoms with Crippen molar-refractivity contribution in [3.63, 3.8) is 0 Å². The average molecular weight is 404 g/mol. The number of fused-ring (bicyclic) bond motifs is 1. The molecule has 3 rings (SSSR count). The summed E-state index contributed by atoms with van der Waals surface area (Å²) in [7, 11) is -3.99. The van der Waals surface area contributed by atoms with Crippen molar-refractivity contribution in [1.82, 2.24) is 10.3 Å². The number of sulfone groups is 1. The lowest BCUT2D eigenvalue weighted by atomic mass is 9.95. The molecule has 1 aromatic carbocycles. The van der Waals surface area contributed by atoms with E-state index in [0.717, 1.165) is 43.0 Å². The van der Waals surface area contributed by atoms with Gasteiger partial charge in [-0.05, 0) is 56.4 Å². The first-order chi connectivity index (χ1) is 13.3. The molecule has 6 nitrogen and oxygen atoms in total. The Bertz CT molecular complexity index is 1100. The molecular formula is C20H21FN2O4S. The Kier molecular flexibility index (Phi) is 5.79. The van der Waals surface area contributed by atoms with Gasteiger partial charge in [0.25, 0.3) is 11.5 Å². The summed E-state index contributed by atoms with van der Waals surface area (Å²) in [5.41, 5.74) is 1.38. The van der Waals surface area contributed by atoms with E-state index in [4.69, 9.17) is 0 Å². The highest BCUT2D eigenvalue weighted by Crippen LogP contribution is 2.21. The van der Waals surface area contributed by atoms with E-state index in [2.05, 4.69) is 10.3 Å². The SMILES string of the molecule is C/C(=C\CNC(=O)c1cc2c([nH]c1=O)CCCC2)S(=O)(=O)c1ccccc1F. The van der Waals surface area contributed by atoms with Gasteiger partial charge in [0.1, 0.15) is 16.3 Å². The number of rotatable bonds is 5. The van der Waals surface area contributed by atoms with Crippen LogP contribution in [-0.4, -0.2) is 25.9 Å². The number of H-pyrrole nitrogens is 1. The van der Waals surface area contributed by atoms with Crippen LogP contribution in [0.2, 0.25) is 0 Å². The highest BCUT2D eigenvalue weighted by molar-refractivity contribution is 7.95. The summed E-state index contributed by atoms with van der Waals surface area (Å²) in [5, 5.41) is 2.52. The molecule has 8 heteroatoms. The molecule has 0 saturated heterocycles. The highest BCUT2D eigenvalue weighted by atomic mass is 32.2. The van der Waals surface area contributed by atoms with Gasteiger partial charge < -0.3 is 10.3 Å². The Labute approximate surface area is 162 Å². The van der Waals surface area contributed by atoms with E-state index in [1.54, 1.807) is 6.07 Å². The first kappa shape index (κ1) is 20.0. The second-order valence-electron chi connectivity index (χ2n) is 6.68. The molecule has 0 aliphatic heterocycles. The first-order valence-corrected chi connectivity index (χ1v) is 10.5. The monoisotopic (exact) mass is 404 g/mol. The quantitative estimate of drug-likeness (QED) is 0.800. The number of aryl methyl sites for hydroxylation is 2. The maximum atomic E-state index is 13.8. The summed E-state index contributed by atoms with van der Waals surface area (Å²) in [6, 6.07) is 6.71. The highest BCUT2D eigenvalue weighted by Gasteiger charge is 2.21. The maximum absolute atomic E-state index is 13.8. The lowest BCUT2D eigenvalue weighted by molar-refractivity contribution is 0.0956. The molecule has 0 unspecified atom stereocenters. The Balaban J connectivity index is 1.73. The number of benzene rings is 1. The molecule has 0 fully saturated rings. The van der Waals surface area contributed by atoms with Crippen molar-refractivity contribution < 1.29 is 17.6 Å². The van der Waals surface area contributed by atoms with E-state index >= 15 is 0 Å². The fourth-order valence-electron chi connectivity index (χ4n) is 3.17. The number of hydrogen-bond acceptors (Lipinski definition) is 4. The van der Waals surface area contributed by atoms with Crippen LogP contribution in [0.25, 0.3) is 0 Å². The van der Waals surface area contributed by atoms with Crippen molar-refractivity contribution in [2.75, 3.05) is 6.54 Å². The molecule has 1 aliphatic rings. The molecule has 0 atom stereocenters. The van der Waals surface area contributed by atoms with Crippen LogP contribution in [0, 0.1) is 5.82 Å². The lowest BCUT2D eigenvalue weighted by Gasteiger charge is -2.15. The summed E-state index contributed by atoms with van der Waals surface area (Å²) < 4.78 is 38.7. The molecule has 1 aliphatic carbocycles. The van der Waals surface area contributed by atoms with Gasteiger partial charge in [-0.1, -0.05) is 18.2 Å². The van der Waals surface area contributed by atoms with Crippen molar-refractivity contribution in [3.05, 3.63) is 74.3 Å². The van der Waals surface area contributed by atoms with Crippen LogP contribution in [0.5, 0.6) is 0 Å². The van der Waals surface area contributed by atoms with Crippen LogP contribution in [0.1, 0.15) is 41.4 Å². The molecule has 0 radical (unpaired) electrons. The van der Waals surface area contributed by atoms with E-state index in [1.165, 1.54) is 31.2 Å². The molecule has 0 bridgehead atoms. The number of allylic oxidation sites excluding steroid dienone is 1. The van der Waals surface area contributed by atoms with E-state index in [9.17, 15) is 22.4 Å². The third-order valence-electron chi connectivity index (χ3n) is 4.78. The number of halogens is 1. The zero-order chi connectivity index (χ0) is 20.3. The van der Waals surface area contributed by atoms with E-state index < -0.39 is 32.0 Å². The molecular weight excluding hydrogens is 383 g/mol. The van der Waals surface area contributed by atoms with Crippen LogP contribution in [0.3, 0.4) is 0 Å². The Morgan fingerprint density at radius 2 is 1.96 bits per heavy atom. The van der Waals surface area contributed by atoms with E-state index in [0.29, 0.717) is 0 Å². The molecule has 1 aromatic heterocycles. The first-order valence-electron chi connectivity index (χ1n) is 9.00. The van der Waals surface area contributed by atoms with Crippen LogP contribution < -0.4 is 10.9 Å². The summed E-state index contributed by atoms with van der Waals surface area (Å²) in [6.07, 6.45) is 4.91. The van der Waals surface area contributed by atoms with Crippen molar-refractivity contribution in [2.24, 2.45) is 0 Å². The molecule has 1 amide bonds. The second-order valence-corrected chi connectivity index (χ2v) is 8.77. The summed E-state index contributed by atoms with van der Waals surface area (Å²) in [5.74, 6) is -1.41. The van der Waals surface area contributed by atoms with Crippen molar-refractivity contribution >= 4 is 15.7 Å². The fraction of sp³-hybridized carbons (Fsp3) is 0.300. The minimum Gasteiger partial charge on any atom is -0.348 e. The second kappa shape index (κ2) is 8.10. The normalized spacial score (nSPS) is 14.4. The number of pyridine rings is 1. The van der Waals surface area contributed by atoms with Crippen LogP contribution >= 0.6 is 0 Å². The molecule has 0 spiro atoms. The van der Waals surface area contributed by atoms with Crippen molar-refractivity contribution in [3.8, 4) is 0 Å². The third kappa shape index (κ3) is 4.06. The minimum atomic E-state index is -3.99. The van der Waals surface area contributed by atoms with Gasteiger partial charge in [0.05, 0.1) is 0 Å². The molecule has 0 saturated carbocycles. The predicted octanol–water partition coefficient (Wildman–Crippen LogP) is 2.50. The molecule has 28 heavy (non-hydrogen) atoms. The summed E-state index contributed by atoms with van der Waals surface area (Å²) in [4.78, 5) is 26.7. The van der Waals surface area contributed by atoms with Gasteiger partial charge in [-0.2, -0.15) is 0 Å². The summed E-state index contributed by atoms with van der Waals surface area (Å²) >= 11 is 0. The van der Waals surface area contributed by atoms with Crippen molar-refractivity contribution in [1.29, 1.82) is 0 Å². The number of carbonyl (C=O) groups is 1. The molecule has 1 heterocycles. The van der Waals surface area contributed by atoms with E-state index in [1.807, 2.05) is 0 Å². The Hall–Kier alpha value is -2.74. The number of nitrogens with one attached hydrogen (secondary N) is 2. The topological polar surface area (TPSA) is 96.1 Å². The standard InChI is InChI=1S/C20H21FN2O4S/c1-13(28(26,27)18-9-5-3-7-16(18)21)10-11-22-19(24)15-12-14-6-2-4-8-17(14)23-20(15)25/h3,5,7,9-10,12H,2,4,6,8,11H2,1H3,(H,22,24)(H,23,25)/b13-10+. The minimum absolute atomic E-state index is 0.00339. The number of aromatic nitrogens is 1. The average Bonchev–Trinajstić information content (AvgIpc) is 2.67. The van der Waals surface area contributed by atoms with Gasteiger partial charge in [-0.15, -0.1) is 0 Å². The van der Waals surface area contributed by atoms with Gasteiger partial charge in [-0.3, -0.25) is 9.59 Å². The van der Waals surface area contributed by atoms with Crippen molar-refractivity contribution in [2.45, 2.75) is 37.5 Å². The number of amides is 1. The molecule has 2 N–H and O–H groups in total. The largest absolute Gasteiger partial charge is 0.348 e.